The number of carbonyl (C=O) groups is 1. The van der Waals surface area contributed by atoms with Crippen LogP contribution in [-0.2, 0) is 10.2 Å². The van der Waals surface area contributed by atoms with Gasteiger partial charge in [-0.1, -0.05) is 20.8 Å². The van der Waals surface area contributed by atoms with E-state index in [1.165, 1.54) is 4.88 Å². The Morgan fingerprint density at radius 3 is 2.56 bits per heavy atom. The highest BCUT2D eigenvalue weighted by Crippen LogP contribution is 2.36. The van der Waals surface area contributed by atoms with E-state index in [1.807, 2.05) is 6.07 Å². The van der Waals surface area contributed by atoms with Crippen molar-refractivity contribution < 1.29 is 9.90 Å². The molecule has 90 valence electrons. The van der Waals surface area contributed by atoms with Crippen molar-refractivity contribution in [3.05, 3.63) is 21.9 Å². The molecule has 0 aliphatic heterocycles. The third-order valence-electron chi connectivity index (χ3n) is 2.29. The first-order valence-corrected chi connectivity index (χ1v) is 6.52. The standard InChI is InChI=1S/C12H17ClO2S/c1-12(2,3)10-6-5-9(16-10)8(13)4-7-11(14)15/h5-6,8H,4,7H2,1-3H3,(H,14,15). The Morgan fingerprint density at radius 2 is 2.12 bits per heavy atom. The molecule has 0 saturated heterocycles. The van der Waals surface area contributed by atoms with Crippen LogP contribution in [0.4, 0.5) is 0 Å². The van der Waals surface area contributed by atoms with Crippen molar-refractivity contribution in [2.24, 2.45) is 0 Å². The Morgan fingerprint density at radius 1 is 1.50 bits per heavy atom. The molecule has 1 aromatic heterocycles. The zero-order valence-corrected chi connectivity index (χ0v) is 11.4. The minimum absolute atomic E-state index is 0.122. The molecule has 0 radical (unpaired) electrons. The van der Waals surface area contributed by atoms with E-state index in [-0.39, 0.29) is 17.2 Å². The number of carboxylic acid groups (broad SMARTS) is 1. The van der Waals surface area contributed by atoms with E-state index in [1.54, 1.807) is 11.3 Å². The molecule has 1 N–H and O–H groups in total. The summed E-state index contributed by atoms with van der Waals surface area (Å²) in [5, 5.41) is 8.41. The molecule has 1 atom stereocenters. The second-order valence-corrected chi connectivity index (χ2v) is 6.49. The van der Waals surface area contributed by atoms with Gasteiger partial charge < -0.3 is 5.11 Å². The fourth-order valence-electron chi connectivity index (χ4n) is 1.32. The molecule has 0 spiro atoms. The van der Waals surface area contributed by atoms with Crippen LogP contribution in [0, 0.1) is 0 Å². The fourth-order valence-corrected chi connectivity index (χ4v) is 2.71. The molecule has 0 aromatic carbocycles. The van der Waals surface area contributed by atoms with Crippen LogP contribution in [0.15, 0.2) is 12.1 Å². The van der Waals surface area contributed by atoms with Crippen molar-refractivity contribution in [1.82, 2.24) is 0 Å². The second-order valence-electron chi connectivity index (χ2n) is 4.85. The van der Waals surface area contributed by atoms with Gasteiger partial charge in [0.05, 0.1) is 5.38 Å². The number of halogens is 1. The summed E-state index contributed by atoms with van der Waals surface area (Å²) >= 11 is 7.84. The van der Waals surface area contributed by atoms with Crippen LogP contribution in [0.5, 0.6) is 0 Å². The molecular weight excluding hydrogens is 244 g/mol. The van der Waals surface area contributed by atoms with Gasteiger partial charge in [0.15, 0.2) is 0 Å². The first-order chi connectivity index (χ1) is 7.30. The normalized spacial score (nSPS) is 13.8. The summed E-state index contributed by atoms with van der Waals surface area (Å²) < 4.78 is 0. The number of alkyl halides is 1. The Hall–Kier alpha value is -0.540. The minimum atomic E-state index is -0.793. The highest BCUT2D eigenvalue weighted by atomic mass is 35.5. The average molecular weight is 261 g/mol. The number of hydrogen-bond donors (Lipinski definition) is 1. The van der Waals surface area contributed by atoms with Crippen LogP contribution in [-0.4, -0.2) is 11.1 Å². The number of carboxylic acids is 1. The average Bonchev–Trinajstić information content (AvgIpc) is 2.61. The molecule has 0 fully saturated rings. The molecule has 1 rings (SSSR count). The largest absolute Gasteiger partial charge is 0.481 e. The molecular formula is C12H17ClO2S. The summed E-state index contributed by atoms with van der Waals surface area (Å²) in [4.78, 5) is 12.8. The van der Waals surface area contributed by atoms with Crippen LogP contribution in [0.25, 0.3) is 0 Å². The van der Waals surface area contributed by atoms with E-state index in [9.17, 15) is 4.79 Å². The summed E-state index contributed by atoms with van der Waals surface area (Å²) in [5.74, 6) is -0.793. The zero-order valence-electron chi connectivity index (χ0n) is 9.79. The van der Waals surface area contributed by atoms with Gasteiger partial charge in [-0.05, 0) is 24.0 Å². The second kappa shape index (κ2) is 5.19. The van der Waals surface area contributed by atoms with Crippen molar-refractivity contribution in [1.29, 1.82) is 0 Å². The summed E-state index contributed by atoms with van der Waals surface area (Å²) in [6.45, 7) is 6.47. The van der Waals surface area contributed by atoms with Crippen molar-refractivity contribution in [3.8, 4) is 0 Å². The molecule has 0 saturated carbocycles. The lowest BCUT2D eigenvalue weighted by atomic mass is 9.95. The minimum Gasteiger partial charge on any atom is -0.481 e. The van der Waals surface area contributed by atoms with Crippen molar-refractivity contribution in [2.45, 2.75) is 44.4 Å². The van der Waals surface area contributed by atoms with Crippen LogP contribution in [0.1, 0.15) is 48.7 Å². The third kappa shape index (κ3) is 3.80. The van der Waals surface area contributed by atoms with Crippen LogP contribution < -0.4 is 0 Å². The van der Waals surface area contributed by atoms with Gasteiger partial charge in [0, 0.05) is 16.2 Å². The monoisotopic (exact) mass is 260 g/mol. The Balaban J connectivity index is 2.67. The molecule has 1 aromatic rings. The van der Waals surface area contributed by atoms with E-state index >= 15 is 0 Å². The van der Waals surface area contributed by atoms with Gasteiger partial charge in [0.2, 0.25) is 0 Å². The van der Waals surface area contributed by atoms with Crippen LogP contribution >= 0.6 is 22.9 Å². The molecule has 4 heteroatoms. The summed E-state index contributed by atoms with van der Waals surface area (Å²) in [6.07, 6.45) is 0.609. The lowest BCUT2D eigenvalue weighted by Gasteiger charge is -2.15. The molecule has 0 amide bonds. The highest BCUT2D eigenvalue weighted by molar-refractivity contribution is 7.12. The Labute approximate surface area is 105 Å². The van der Waals surface area contributed by atoms with Gasteiger partial charge >= 0.3 is 5.97 Å². The van der Waals surface area contributed by atoms with Gasteiger partial charge in [0.1, 0.15) is 0 Å². The molecule has 0 bridgehead atoms. The van der Waals surface area contributed by atoms with E-state index < -0.39 is 5.97 Å². The topological polar surface area (TPSA) is 37.3 Å². The van der Waals surface area contributed by atoms with Crippen molar-refractivity contribution >= 4 is 28.9 Å². The SMILES string of the molecule is CC(C)(C)c1ccc(C(Cl)CCC(=O)O)s1. The maximum atomic E-state index is 10.4. The zero-order chi connectivity index (χ0) is 12.3. The maximum absolute atomic E-state index is 10.4. The summed E-state index contributed by atoms with van der Waals surface area (Å²) in [5.41, 5.74) is 0.131. The third-order valence-corrected chi connectivity index (χ3v) is 4.49. The molecule has 2 nitrogen and oxygen atoms in total. The van der Waals surface area contributed by atoms with E-state index in [2.05, 4.69) is 26.8 Å². The quantitative estimate of drug-likeness (QED) is 0.825. The predicted molar refractivity (Wildman–Crippen MR) is 68.5 cm³/mol. The van der Waals surface area contributed by atoms with Gasteiger partial charge in [-0.3, -0.25) is 4.79 Å². The van der Waals surface area contributed by atoms with Crippen molar-refractivity contribution in [3.63, 3.8) is 0 Å². The molecule has 1 heterocycles. The highest BCUT2D eigenvalue weighted by Gasteiger charge is 2.19. The molecule has 0 aliphatic rings. The number of rotatable bonds is 4. The predicted octanol–water partition coefficient (Wildman–Crippen LogP) is 4.19. The van der Waals surface area contributed by atoms with Crippen LogP contribution in [0.3, 0.4) is 0 Å². The smallest absolute Gasteiger partial charge is 0.303 e. The van der Waals surface area contributed by atoms with Crippen molar-refractivity contribution in [2.75, 3.05) is 0 Å². The Bertz CT molecular complexity index is 365. The molecule has 1 unspecified atom stereocenters. The number of hydrogen-bond acceptors (Lipinski definition) is 2. The molecule has 0 aliphatic carbocycles. The number of aliphatic carboxylic acids is 1. The van der Waals surface area contributed by atoms with Gasteiger partial charge in [-0.15, -0.1) is 22.9 Å². The van der Waals surface area contributed by atoms with Crippen LogP contribution in [0.2, 0.25) is 0 Å². The van der Waals surface area contributed by atoms with E-state index in [0.29, 0.717) is 6.42 Å². The number of thiophene rings is 1. The summed E-state index contributed by atoms with van der Waals surface area (Å²) in [7, 11) is 0. The maximum Gasteiger partial charge on any atom is 0.303 e. The fraction of sp³-hybridized carbons (Fsp3) is 0.583. The van der Waals surface area contributed by atoms with Gasteiger partial charge in [0.25, 0.3) is 0 Å². The first kappa shape index (κ1) is 13.5. The van der Waals surface area contributed by atoms with E-state index in [4.69, 9.17) is 16.7 Å². The summed E-state index contributed by atoms with van der Waals surface area (Å²) in [6, 6.07) is 4.08. The molecule has 16 heavy (non-hydrogen) atoms. The lowest BCUT2D eigenvalue weighted by molar-refractivity contribution is -0.137. The van der Waals surface area contributed by atoms with Gasteiger partial charge in [-0.25, -0.2) is 0 Å². The van der Waals surface area contributed by atoms with E-state index in [0.717, 1.165) is 4.88 Å². The first-order valence-electron chi connectivity index (χ1n) is 5.27. The Kier molecular flexibility index (Phi) is 4.39. The van der Waals surface area contributed by atoms with Gasteiger partial charge in [-0.2, -0.15) is 0 Å². The lowest BCUT2D eigenvalue weighted by Crippen LogP contribution is -2.07.